The summed E-state index contributed by atoms with van der Waals surface area (Å²) < 4.78 is 59.6. The Balaban J connectivity index is 1.48. The molecule has 0 N–H and O–H groups in total. The third kappa shape index (κ3) is 4.97. The number of halogens is 3. The molecule has 31 heavy (non-hydrogen) atoms. The largest absolute Gasteiger partial charge is 0.460 e. The van der Waals surface area contributed by atoms with E-state index in [4.69, 9.17) is 14.2 Å². The van der Waals surface area contributed by atoms with Crippen molar-refractivity contribution in [3.63, 3.8) is 0 Å². The first-order chi connectivity index (χ1) is 15.0. The van der Waals surface area contributed by atoms with E-state index in [0.29, 0.717) is 16.9 Å². The molecule has 3 aromatic rings. The molecule has 0 radical (unpaired) electrons. The minimum absolute atomic E-state index is 0.0777. The fraction of sp³-hybridized carbons (Fsp3) is 0.174. The fourth-order valence-corrected chi connectivity index (χ4v) is 3.16. The molecular formula is C23H17F3O5. The van der Waals surface area contributed by atoms with Crippen LogP contribution in [0, 0.1) is 5.82 Å². The molecule has 0 aromatic heterocycles. The van der Waals surface area contributed by atoms with Crippen LogP contribution in [-0.4, -0.2) is 12.6 Å². The molecular weight excluding hydrogens is 413 g/mol. The van der Waals surface area contributed by atoms with Crippen LogP contribution in [0.25, 0.3) is 0 Å². The molecule has 3 aromatic carbocycles. The molecule has 0 spiro atoms. The second-order valence-electron chi connectivity index (χ2n) is 6.70. The molecule has 1 heterocycles. The van der Waals surface area contributed by atoms with Crippen LogP contribution in [0.3, 0.4) is 0 Å². The van der Waals surface area contributed by atoms with Gasteiger partial charge in [-0.15, -0.1) is 0 Å². The van der Waals surface area contributed by atoms with E-state index in [9.17, 15) is 18.0 Å². The maximum Gasteiger partial charge on any atom is 0.387 e. The minimum Gasteiger partial charge on any atom is -0.460 e. The summed E-state index contributed by atoms with van der Waals surface area (Å²) in [7, 11) is 0. The number of carbonyl (C=O) groups excluding carboxylic acids is 1. The van der Waals surface area contributed by atoms with Crippen molar-refractivity contribution in [3.8, 4) is 11.5 Å². The van der Waals surface area contributed by atoms with Crippen molar-refractivity contribution in [1.29, 1.82) is 0 Å². The van der Waals surface area contributed by atoms with Crippen LogP contribution in [-0.2, 0) is 22.7 Å². The Bertz CT molecular complexity index is 1050. The Hall–Kier alpha value is -3.52. The van der Waals surface area contributed by atoms with E-state index >= 15 is 0 Å². The molecule has 4 rings (SSSR count). The predicted molar refractivity (Wildman–Crippen MR) is 103 cm³/mol. The SMILES string of the molecule is O=C(OCc1cc(F)cc2c1O[C@H](c1ccccc1)OC2)c1ccc(OC(F)F)cc1. The van der Waals surface area contributed by atoms with E-state index in [0.717, 1.165) is 5.56 Å². The van der Waals surface area contributed by atoms with Crippen molar-refractivity contribution in [3.05, 3.63) is 94.8 Å². The lowest BCUT2D eigenvalue weighted by Crippen LogP contribution is -2.20. The smallest absolute Gasteiger partial charge is 0.387 e. The first-order valence-corrected chi connectivity index (χ1v) is 9.36. The van der Waals surface area contributed by atoms with Gasteiger partial charge in [0.2, 0.25) is 6.29 Å². The number of benzene rings is 3. The highest BCUT2D eigenvalue weighted by atomic mass is 19.3. The monoisotopic (exact) mass is 430 g/mol. The summed E-state index contributed by atoms with van der Waals surface area (Å²) in [6, 6.07) is 16.9. The van der Waals surface area contributed by atoms with Gasteiger partial charge in [-0.1, -0.05) is 30.3 Å². The first kappa shape index (κ1) is 20.7. The van der Waals surface area contributed by atoms with Gasteiger partial charge in [0, 0.05) is 16.7 Å². The maximum atomic E-state index is 14.0. The van der Waals surface area contributed by atoms with Gasteiger partial charge in [0.25, 0.3) is 0 Å². The number of fused-ring (bicyclic) bond motifs is 1. The maximum absolute atomic E-state index is 14.0. The molecule has 5 nitrogen and oxygen atoms in total. The molecule has 0 amide bonds. The zero-order chi connectivity index (χ0) is 21.8. The summed E-state index contributed by atoms with van der Waals surface area (Å²) in [6.45, 7) is -3.06. The number of ether oxygens (including phenoxy) is 4. The Morgan fingerprint density at radius 1 is 1.06 bits per heavy atom. The lowest BCUT2D eigenvalue weighted by atomic mass is 10.1. The zero-order valence-electron chi connectivity index (χ0n) is 16.1. The van der Waals surface area contributed by atoms with Crippen LogP contribution in [0.4, 0.5) is 13.2 Å². The van der Waals surface area contributed by atoms with Crippen LogP contribution in [0.5, 0.6) is 11.5 Å². The lowest BCUT2D eigenvalue weighted by molar-refractivity contribution is -0.112. The zero-order valence-corrected chi connectivity index (χ0v) is 16.1. The Morgan fingerprint density at radius 3 is 2.52 bits per heavy atom. The van der Waals surface area contributed by atoms with E-state index in [2.05, 4.69) is 4.74 Å². The van der Waals surface area contributed by atoms with Gasteiger partial charge in [-0.25, -0.2) is 9.18 Å². The van der Waals surface area contributed by atoms with Crippen molar-refractivity contribution in [1.82, 2.24) is 0 Å². The van der Waals surface area contributed by atoms with Crippen LogP contribution in [0.2, 0.25) is 0 Å². The van der Waals surface area contributed by atoms with Gasteiger partial charge in [0.1, 0.15) is 23.9 Å². The number of alkyl halides is 2. The number of carbonyl (C=O) groups is 1. The molecule has 8 heteroatoms. The topological polar surface area (TPSA) is 54.0 Å². The normalized spacial score (nSPS) is 15.2. The summed E-state index contributed by atoms with van der Waals surface area (Å²) in [4.78, 5) is 12.3. The van der Waals surface area contributed by atoms with Gasteiger partial charge >= 0.3 is 12.6 Å². The highest BCUT2D eigenvalue weighted by Gasteiger charge is 2.25. The van der Waals surface area contributed by atoms with Crippen LogP contribution >= 0.6 is 0 Å². The van der Waals surface area contributed by atoms with Crippen LogP contribution in [0.1, 0.15) is 33.3 Å². The van der Waals surface area contributed by atoms with Crippen molar-refractivity contribution in [2.75, 3.05) is 0 Å². The van der Waals surface area contributed by atoms with Crippen molar-refractivity contribution >= 4 is 5.97 Å². The molecule has 0 saturated carbocycles. The summed E-state index contributed by atoms with van der Waals surface area (Å²) in [5.74, 6) is -0.891. The number of hydrogen-bond acceptors (Lipinski definition) is 5. The highest BCUT2D eigenvalue weighted by molar-refractivity contribution is 5.89. The third-order valence-electron chi connectivity index (χ3n) is 4.57. The summed E-state index contributed by atoms with van der Waals surface area (Å²) in [6.07, 6.45) is -0.670. The van der Waals surface area contributed by atoms with E-state index in [-0.39, 0.29) is 24.5 Å². The minimum atomic E-state index is -2.96. The van der Waals surface area contributed by atoms with Crippen molar-refractivity contribution in [2.24, 2.45) is 0 Å². The van der Waals surface area contributed by atoms with Gasteiger partial charge in [-0.2, -0.15) is 8.78 Å². The van der Waals surface area contributed by atoms with Gasteiger partial charge in [-0.3, -0.25) is 0 Å². The number of esters is 1. The van der Waals surface area contributed by atoms with E-state index in [1.54, 1.807) is 0 Å². The molecule has 0 bridgehead atoms. The van der Waals surface area contributed by atoms with Crippen molar-refractivity contribution in [2.45, 2.75) is 26.1 Å². The highest BCUT2D eigenvalue weighted by Crippen LogP contribution is 2.37. The summed E-state index contributed by atoms with van der Waals surface area (Å²) in [5, 5.41) is 0. The van der Waals surface area contributed by atoms with Gasteiger partial charge in [0.05, 0.1) is 12.2 Å². The number of hydrogen-bond donors (Lipinski definition) is 0. The number of rotatable bonds is 6. The first-order valence-electron chi connectivity index (χ1n) is 9.36. The fourth-order valence-electron chi connectivity index (χ4n) is 3.16. The quantitative estimate of drug-likeness (QED) is 0.491. The van der Waals surface area contributed by atoms with E-state index in [1.807, 2.05) is 30.3 Å². The predicted octanol–water partition coefficient (Wildman–Crippen LogP) is 5.39. The summed E-state index contributed by atoms with van der Waals surface area (Å²) >= 11 is 0. The molecule has 1 aliphatic heterocycles. The molecule has 160 valence electrons. The van der Waals surface area contributed by atoms with Crippen LogP contribution < -0.4 is 9.47 Å². The van der Waals surface area contributed by atoms with Gasteiger partial charge in [0.15, 0.2) is 0 Å². The van der Waals surface area contributed by atoms with E-state index < -0.39 is 24.7 Å². The lowest BCUT2D eigenvalue weighted by Gasteiger charge is -2.28. The van der Waals surface area contributed by atoms with Gasteiger partial charge < -0.3 is 18.9 Å². The van der Waals surface area contributed by atoms with E-state index in [1.165, 1.54) is 36.4 Å². The molecule has 0 fully saturated rings. The molecule has 0 aliphatic carbocycles. The third-order valence-corrected chi connectivity index (χ3v) is 4.57. The average molecular weight is 430 g/mol. The molecule has 1 atom stereocenters. The van der Waals surface area contributed by atoms with Crippen LogP contribution in [0.15, 0.2) is 66.7 Å². The average Bonchev–Trinajstić information content (AvgIpc) is 2.77. The summed E-state index contributed by atoms with van der Waals surface area (Å²) in [5.41, 5.74) is 1.79. The molecule has 0 unspecified atom stereocenters. The Labute approximate surface area is 175 Å². The van der Waals surface area contributed by atoms with Gasteiger partial charge in [-0.05, 0) is 36.4 Å². The Morgan fingerprint density at radius 2 is 1.81 bits per heavy atom. The van der Waals surface area contributed by atoms with Crippen molar-refractivity contribution < 1.29 is 36.9 Å². The molecule has 0 saturated heterocycles. The second-order valence-corrected chi connectivity index (χ2v) is 6.70. The second kappa shape index (κ2) is 9.09. The Kier molecular flexibility index (Phi) is 6.08. The molecule has 1 aliphatic rings. The standard InChI is InChI=1S/C23H17F3O5/c24-18-10-16(12-28-21(27)14-6-8-19(9-7-14)30-23(25)26)20-17(11-18)13-29-22(31-20)15-4-2-1-3-5-15/h1-11,22-23H,12-13H2/t22-/m1/s1.